The van der Waals surface area contributed by atoms with Gasteiger partial charge in [-0.2, -0.15) is 0 Å². The van der Waals surface area contributed by atoms with Crippen molar-refractivity contribution in [3.63, 3.8) is 0 Å². The van der Waals surface area contributed by atoms with Gasteiger partial charge in [-0.25, -0.2) is 0 Å². The molecule has 0 heterocycles. The molecule has 0 aliphatic heterocycles. The van der Waals surface area contributed by atoms with E-state index in [2.05, 4.69) is 83.5 Å². The first-order valence-electron chi connectivity index (χ1n) is 7.40. The molecule has 0 aromatic heterocycles. The molecule has 0 amide bonds. The predicted octanol–water partition coefficient (Wildman–Crippen LogP) is 6.08. The largest absolute Gasteiger partial charge is 0.492 e. The molecule has 0 spiro atoms. The molecule has 1 rings (SSSR count). The second-order valence-corrected chi connectivity index (χ2v) is 8.89. The molecular weight excluding hydrogens is 312 g/mol. The Hall–Kier alpha value is -0.500. The molecular formula is C18H29BrO. The maximum Gasteiger partial charge on any atom is 0.137 e. The average Bonchev–Trinajstić information content (AvgIpc) is 2.23. The lowest BCUT2D eigenvalue weighted by Gasteiger charge is -2.28. The molecule has 0 aliphatic rings. The molecule has 0 atom stereocenters. The van der Waals surface area contributed by atoms with E-state index in [0.717, 1.165) is 16.8 Å². The normalized spacial score (nSPS) is 12.9. The van der Waals surface area contributed by atoms with E-state index in [-0.39, 0.29) is 10.8 Å². The van der Waals surface area contributed by atoms with Gasteiger partial charge in [0.05, 0.1) is 11.1 Å². The highest BCUT2D eigenvalue weighted by Gasteiger charge is 2.25. The lowest BCUT2D eigenvalue weighted by molar-refractivity contribution is 0.263. The standard InChI is InChI=1S/C18H29BrO/c1-12(2)11-20-16-14(18(6,7)8)9-13(10-15(16)19)17(3,4)5/h9-10,12H,11H2,1-8H3. The Kier molecular flexibility index (Phi) is 5.34. The highest BCUT2D eigenvalue weighted by molar-refractivity contribution is 9.10. The minimum Gasteiger partial charge on any atom is -0.492 e. The number of ether oxygens (including phenoxy) is 1. The maximum atomic E-state index is 6.08. The lowest BCUT2D eigenvalue weighted by Crippen LogP contribution is -2.19. The van der Waals surface area contributed by atoms with Crippen LogP contribution in [0.25, 0.3) is 0 Å². The molecule has 0 bridgehead atoms. The van der Waals surface area contributed by atoms with Gasteiger partial charge in [-0.05, 0) is 44.3 Å². The lowest BCUT2D eigenvalue weighted by atomic mass is 9.80. The third kappa shape index (κ3) is 4.51. The zero-order valence-corrected chi connectivity index (χ0v) is 15.8. The van der Waals surface area contributed by atoms with Crippen LogP contribution in [-0.4, -0.2) is 6.61 Å². The van der Waals surface area contributed by atoms with Crippen LogP contribution in [0.1, 0.15) is 66.5 Å². The molecule has 0 N–H and O–H groups in total. The van der Waals surface area contributed by atoms with Crippen LogP contribution in [-0.2, 0) is 10.8 Å². The first-order chi connectivity index (χ1) is 8.93. The topological polar surface area (TPSA) is 9.23 Å². The average molecular weight is 341 g/mol. The first kappa shape index (κ1) is 17.6. The molecule has 0 saturated heterocycles. The molecule has 0 saturated carbocycles. The Balaban J connectivity index is 3.36. The third-order valence-electron chi connectivity index (χ3n) is 3.28. The van der Waals surface area contributed by atoms with Crippen molar-refractivity contribution in [1.29, 1.82) is 0 Å². The van der Waals surface area contributed by atoms with E-state index in [1.807, 2.05) is 0 Å². The molecule has 1 aromatic rings. The number of hydrogen-bond acceptors (Lipinski definition) is 1. The summed E-state index contributed by atoms with van der Waals surface area (Å²) in [5, 5.41) is 0. The van der Waals surface area contributed by atoms with Crippen LogP contribution in [0.3, 0.4) is 0 Å². The van der Waals surface area contributed by atoms with Crippen molar-refractivity contribution in [2.75, 3.05) is 6.61 Å². The van der Waals surface area contributed by atoms with Crippen LogP contribution in [0, 0.1) is 5.92 Å². The molecule has 114 valence electrons. The van der Waals surface area contributed by atoms with Crippen molar-refractivity contribution < 1.29 is 4.74 Å². The second-order valence-electron chi connectivity index (χ2n) is 8.04. The fourth-order valence-electron chi connectivity index (χ4n) is 1.98. The Morgan fingerprint density at radius 3 is 1.95 bits per heavy atom. The highest BCUT2D eigenvalue weighted by Crippen LogP contribution is 2.40. The second kappa shape index (κ2) is 6.09. The molecule has 0 aliphatic carbocycles. The summed E-state index contributed by atoms with van der Waals surface area (Å²) in [4.78, 5) is 0. The summed E-state index contributed by atoms with van der Waals surface area (Å²) in [6.45, 7) is 18.6. The van der Waals surface area contributed by atoms with Crippen LogP contribution >= 0.6 is 15.9 Å². The van der Waals surface area contributed by atoms with Crippen molar-refractivity contribution in [2.45, 2.75) is 66.2 Å². The van der Waals surface area contributed by atoms with Crippen molar-refractivity contribution in [3.05, 3.63) is 27.7 Å². The van der Waals surface area contributed by atoms with E-state index in [0.29, 0.717) is 5.92 Å². The van der Waals surface area contributed by atoms with Gasteiger partial charge in [0, 0.05) is 5.56 Å². The van der Waals surface area contributed by atoms with Gasteiger partial charge in [0.15, 0.2) is 0 Å². The Morgan fingerprint density at radius 1 is 1.00 bits per heavy atom. The number of benzene rings is 1. The van der Waals surface area contributed by atoms with Crippen LogP contribution in [0.15, 0.2) is 16.6 Å². The van der Waals surface area contributed by atoms with E-state index in [1.54, 1.807) is 0 Å². The van der Waals surface area contributed by atoms with Crippen molar-refractivity contribution in [3.8, 4) is 5.75 Å². The van der Waals surface area contributed by atoms with E-state index in [1.165, 1.54) is 11.1 Å². The van der Waals surface area contributed by atoms with Gasteiger partial charge in [-0.15, -0.1) is 0 Å². The van der Waals surface area contributed by atoms with Crippen molar-refractivity contribution in [2.24, 2.45) is 5.92 Å². The van der Waals surface area contributed by atoms with Gasteiger partial charge in [-0.3, -0.25) is 0 Å². The van der Waals surface area contributed by atoms with Crippen LogP contribution in [0.5, 0.6) is 5.75 Å². The van der Waals surface area contributed by atoms with Gasteiger partial charge >= 0.3 is 0 Å². The first-order valence-corrected chi connectivity index (χ1v) is 8.19. The summed E-state index contributed by atoms with van der Waals surface area (Å²) >= 11 is 3.71. The Morgan fingerprint density at radius 2 is 1.55 bits per heavy atom. The summed E-state index contributed by atoms with van der Waals surface area (Å²) in [5.41, 5.74) is 2.82. The highest BCUT2D eigenvalue weighted by atomic mass is 79.9. The fraction of sp³-hybridized carbons (Fsp3) is 0.667. The van der Waals surface area contributed by atoms with Crippen molar-refractivity contribution in [1.82, 2.24) is 0 Å². The summed E-state index contributed by atoms with van der Waals surface area (Å²) in [5.74, 6) is 1.52. The van der Waals surface area contributed by atoms with Gasteiger partial charge in [0.1, 0.15) is 5.75 Å². The quantitative estimate of drug-likeness (QED) is 0.647. The fourth-order valence-corrected chi connectivity index (χ4v) is 2.55. The molecule has 0 unspecified atom stereocenters. The third-order valence-corrected chi connectivity index (χ3v) is 3.87. The molecule has 1 nitrogen and oxygen atoms in total. The summed E-state index contributed by atoms with van der Waals surface area (Å²) in [6.07, 6.45) is 0. The van der Waals surface area contributed by atoms with Gasteiger partial charge in [-0.1, -0.05) is 61.5 Å². The zero-order valence-electron chi connectivity index (χ0n) is 14.2. The van der Waals surface area contributed by atoms with E-state index < -0.39 is 0 Å². The van der Waals surface area contributed by atoms with Crippen molar-refractivity contribution >= 4 is 15.9 Å². The number of halogens is 1. The molecule has 0 fully saturated rings. The van der Waals surface area contributed by atoms with E-state index in [4.69, 9.17) is 4.74 Å². The summed E-state index contributed by atoms with van der Waals surface area (Å²) in [6, 6.07) is 4.51. The van der Waals surface area contributed by atoms with Crippen LogP contribution in [0.4, 0.5) is 0 Å². The maximum absolute atomic E-state index is 6.08. The monoisotopic (exact) mass is 340 g/mol. The SMILES string of the molecule is CC(C)COc1c(Br)cc(C(C)(C)C)cc1C(C)(C)C. The number of hydrogen-bond donors (Lipinski definition) is 0. The molecule has 20 heavy (non-hydrogen) atoms. The summed E-state index contributed by atoms with van der Waals surface area (Å²) in [7, 11) is 0. The van der Waals surface area contributed by atoms with Gasteiger partial charge in [0.2, 0.25) is 0 Å². The Bertz CT molecular complexity index is 462. The Labute approximate surface area is 133 Å². The summed E-state index contributed by atoms with van der Waals surface area (Å²) < 4.78 is 7.14. The minimum absolute atomic E-state index is 0.0656. The number of rotatable bonds is 3. The van der Waals surface area contributed by atoms with E-state index in [9.17, 15) is 0 Å². The molecule has 1 aromatic carbocycles. The van der Waals surface area contributed by atoms with Gasteiger partial charge < -0.3 is 4.74 Å². The zero-order chi connectivity index (χ0) is 15.7. The molecule has 0 radical (unpaired) electrons. The molecule has 2 heteroatoms. The predicted molar refractivity (Wildman–Crippen MR) is 91.9 cm³/mol. The van der Waals surface area contributed by atoms with Crippen LogP contribution in [0.2, 0.25) is 0 Å². The van der Waals surface area contributed by atoms with E-state index >= 15 is 0 Å². The van der Waals surface area contributed by atoms with Crippen LogP contribution < -0.4 is 4.74 Å². The minimum atomic E-state index is 0.0656. The smallest absolute Gasteiger partial charge is 0.137 e. The van der Waals surface area contributed by atoms with Gasteiger partial charge in [0.25, 0.3) is 0 Å².